The zero-order chi connectivity index (χ0) is 11.8. The average molecular weight is 223 g/mol. The zero-order valence-electron chi connectivity index (χ0n) is 9.96. The van der Waals surface area contributed by atoms with Crippen LogP contribution in [-0.4, -0.2) is 18.1 Å². The summed E-state index contributed by atoms with van der Waals surface area (Å²) in [5, 5.41) is 14.4. The van der Waals surface area contributed by atoms with Gasteiger partial charge in [0.1, 0.15) is 0 Å². The molecule has 0 aliphatic heterocycles. The Labute approximate surface area is 97.4 Å². The Balaban J connectivity index is 2.25. The van der Waals surface area contributed by atoms with Crippen molar-refractivity contribution in [2.24, 2.45) is 0 Å². The minimum absolute atomic E-state index is 0.0198. The van der Waals surface area contributed by atoms with Gasteiger partial charge in [-0.15, -0.1) is 0 Å². The fourth-order valence-electron chi connectivity index (χ4n) is 2.07. The molecule has 1 unspecified atom stereocenters. The molecule has 2 N–H and O–H groups in total. The third-order valence-electron chi connectivity index (χ3n) is 3.11. The number of hydrogen-bond acceptors (Lipinski definition) is 2. The first-order chi connectivity index (χ1) is 7.76. The van der Waals surface area contributed by atoms with Crippen LogP contribution in [0.25, 0.3) is 0 Å². The Bertz CT molecular complexity index is 253. The van der Waals surface area contributed by atoms with Crippen molar-refractivity contribution in [1.29, 1.82) is 5.26 Å². The van der Waals surface area contributed by atoms with E-state index in [2.05, 4.69) is 16.7 Å². The fraction of sp³-hybridized carbons (Fsp3) is 0.833. The van der Waals surface area contributed by atoms with E-state index in [1.807, 2.05) is 6.92 Å². The first-order valence-electron chi connectivity index (χ1n) is 6.20. The lowest BCUT2D eigenvalue weighted by Crippen LogP contribution is -2.46. The standard InChI is InChI=1S/C12H21N3O/c1-2-10(8-9-13)14-12(16)15-11-6-4-3-5-7-11/h10-11H,2-8H2,1H3,(H2,14,15,16). The SMILES string of the molecule is CCC(CC#N)NC(=O)NC1CCCCC1. The monoisotopic (exact) mass is 223 g/mol. The molecule has 90 valence electrons. The predicted octanol–water partition coefficient (Wildman–Crippen LogP) is 2.31. The van der Waals surface area contributed by atoms with Crippen LogP contribution in [0.3, 0.4) is 0 Å². The van der Waals surface area contributed by atoms with Crippen LogP contribution in [0.1, 0.15) is 51.9 Å². The second-order valence-electron chi connectivity index (χ2n) is 4.42. The summed E-state index contributed by atoms with van der Waals surface area (Å²) < 4.78 is 0. The highest BCUT2D eigenvalue weighted by atomic mass is 16.2. The largest absolute Gasteiger partial charge is 0.335 e. The fourth-order valence-corrected chi connectivity index (χ4v) is 2.07. The van der Waals surface area contributed by atoms with Gasteiger partial charge < -0.3 is 10.6 Å². The molecule has 0 aromatic carbocycles. The van der Waals surface area contributed by atoms with E-state index in [1.165, 1.54) is 19.3 Å². The van der Waals surface area contributed by atoms with Gasteiger partial charge in [0.15, 0.2) is 0 Å². The van der Waals surface area contributed by atoms with Gasteiger partial charge in [-0.25, -0.2) is 4.79 Å². The van der Waals surface area contributed by atoms with Crippen LogP contribution in [-0.2, 0) is 0 Å². The molecule has 1 fully saturated rings. The Morgan fingerprint density at radius 2 is 2.12 bits per heavy atom. The van der Waals surface area contributed by atoms with Crippen molar-refractivity contribution in [1.82, 2.24) is 10.6 Å². The van der Waals surface area contributed by atoms with Gasteiger partial charge in [0, 0.05) is 12.1 Å². The maximum Gasteiger partial charge on any atom is 0.315 e. The van der Waals surface area contributed by atoms with Crippen molar-refractivity contribution in [3.05, 3.63) is 0 Å². The van der Waals surface area contributed by atoms with Crippen LogP contribution in [0.15, 0.2) is 0 Å². The molecule has 0 bridgehead atoms. The van der Waals surface area contributed by atoms with Gasteiger partial charge in [-0.3, -0.25) is 0 Å². The Morgan fingerprint density at radius 1 is 1.44 bits per heavy atom. The molecular weight excluding hydrogens is 202 g/mol. The number of hydrogen-bond donors (Lipinski definition) is 2. The highest BCUT2D eigenvalue weighted by Gasteiger charge is 2.17. The molecule has 16 heavy (non-hydrogen) atoms. The Hall–Kier alpha value is -1.24. The van der Waals surface area contributed by atoms with E-state index < -0.39 is 0 Å². The maximum atomic E-state index is 11.6. The van der Waals surface area contributed by atoms with E-state index in [4.69, 9.17) is 5.26 Å². The third kappa shape index (κ3) is 4.52. The van der Waals surface area contributed by atoms with Gasteiger partial charge in [-0.1, -0.05) is 26.2 Å². The lowest BCUT2D eigenvalue weighted by atomic mass is 9.96. The minimum Gasteiger partial charge on any atom is -0.335 e. The van der Waals surface area contributed by atoms with Crippen LogP contribution >= 0.6 is 0 Å². The van der Waals surface area contributed by atoms with E-state index >= 15 is 0 Å². The number of nitrogens with zero attached hydrogens (tertiary/aromatic N) is 1. The molecule has 0 aromatic rings. The van der Waals surface area contributed by atoms with E-state index in [0.717, 1.165) is 19.3 Å². The first kappa shape index (κ1) is 12.8. The number of rotatable bonds is 4. The van der Waals surface area contributed by atoms with Gasteiger partial charge in [0.05, 0.1) is 12.5 Å². The summed E-state index contributed by atoms with van der Waals surface area (Å²) in [6.45, 7) is 1.98. The molecule has 0 saturated heterocycles. The minimum atomic E-state index is -0.117. The topological polar surface area (TPSA) is 64.9 Å². The molecular formula is C12H21N3O. The predicted molar refractivity (Wildman–Crippen MR) is 62.8 cm³/mol. The van der Waals surface area contributed by atoms with Crippen molar-refractivity contribution in [3.63, 3.8) is 0 Å². The summed E-state index contributed by atoms with van der Waals surface area (Å²) in [5.74, 6) is 0. The summed E-state index contributed by atoms with van der Waals surface area (Å²) in [7, 11) is 0. The maximum absolute atomic E-state index is 11.6. The van der Waals surface area contributed by atoms with Crippen LogP contribution in [0, 0.1) is 11.3 Å². The molecule has 1 atom stereocenters. The number of carbonyl (C=O) groups is 1. The molecule has 0 heterocycles. The highest BCUT2D eigenvalue weighted by Crippen LogP contribution is 2.17. The van der Waals surface area contributed by atoms with Crippen LogP contribution in [0.2, 0.25) is 0 Å². The van der Waals surface area contributed by atoms with Crippen molar-refractivity contribution in [2.45, 2.75) is 64.0 Å². The molecule has 0 spiro atoms. The summed E-state index contributed by atoms with van der Waals surface area (Å²) in [5.41, 5.74) is 0. The molecule has 4 nitrogen and oxygen atoms in total. The van der Waals surface area contributed by atoms with E-state index in [9.17, 15) is 4.79 Å². The first-order valence-corrected chi connectivity index (χ1v) is 6.20. The molecule has 1 rings (SSSR count). The van der Waals surface area contributed by atoms with Gasteiger partial charge in [-0.2, -0.15) is 5.26 Å². The van der Waals surface area contributed by atoms with Crippen molar-refractivity contribution in [2.75, 3.05) is 0 Å². The summed E-state index contributed by atoms with van der Waals surface area (Å²) in [6, 6.07) is 2.28. The summed E-state index contributed by atoms with van der Waals surface area (Å²) >= 11 is 0. The van der Waals surface area contributed by atoms with E-state index in [-0.39, 0.29) is 12.1 Å². The van der Waals surface area contributed by atoms with Crippen molar-refractivity contribution < 1.29 is 4.79 Å². The zero-order valence-corrected chi connectivity index (χ0v) is 9.96. The molecule has 1 aliphatic rings. The molecule has 1 aliphatic carbocycles. The van der Waals surface area contributed by atoms with Gasteiger partial charge in [0.2, 0.25) is 0 Å². The van der Waals surface area contributed by atoms with Gasteiger partial charge >= 0.3 is 6.03 Å². The van der Waals surface area contributed by atoms with Crippen LogP contribution < -0.4 is 10.6 Å². The molecule has 2 amide bonds. The number of urea groups is 1. The molecule has 1 saturated carbocycles. The van der Waals surface area contributed by atoms with Crippen LogP contribution in [0.5, 0.6) is 0 Å². The second kappa shape index (κ2) is 7.10. The average Bonchev–Trinajstić information content (AvgIpc) is 2.29. The third-order valence-corrected chi connectivity index (χ3v) is 3.11. The number of amides is 2. The number of carbonyl (C=O) groups excluding carboxylic acids is 1. The smallest absolute Gasteiger partial charge is 0.315 e. The second-order valence-corrected chi connectivity index (χ2v) is 4.42. The molecule has 4 heteroatoms. The van der Waals surface area contributed by atoms with Gasteiger partial charge in [0.25, 0.3) is 0 Å². The van der Waals surface area contributed by atoms with Crippen molar-refractivity contribution in [3.8, 4) is 6.07 Å². The molecule has 0 aromatic heterocycles. The summed E-state index contributed by atoms with van der Waals surface area (Å²) in [4.78, 5) is 11.6. The van der Waals surface area contributed by atoms with E-state index in [0.29, 0.717) is 12.5 Å². The Kier molecular flexibility index (Phi) is 5.69. The number of nitrogens with one attached hydrogen (secondary N) is 2. The van der Waals surface area contributed by atoms with Crippen molar-refractivity contribution >= 4 is 6.03 Å². The normalized spacial score (nSPS) is 18.5. The van der Waals surface area contributed by atoms with Crippen LogP contribution in [0.4, 0.5) is 4.79 Å². The Morgan fingerprint density at radius 3 is 2.69 bits per heavy atom. The lowest BCUT2D eigenvalue weighted by Gasteiger charge is -2.24. The van der Waals surface area contributed by atoms with E-state index in [1.54, 1.807) is 0 Å². The lowest BCUT2D eigenvalue weighted by molar-refractivity contribution is 0.228. The summed E-state index contributed by atoms with van der Waals surface area (Å²) in [6.07, 6.45) is 7.05. The number of nitriles is 1. The molecule has 0 radical (unpaired) electrons. The quantitative estimate of drug-likeness (QED) is 0.768. The highest BCUT2D eigenvalue weighted by molar-refractivity contribution is 5.74. The van der Waals surface area contributed by atoms with Gasteiger partial charge in [-0.05, 0) is 19.3 Å².